The lowest BCUT2D eigenvalue weighted by Crippen LogP contribution is -2.59. The van der Waals surface area contributed by atoms with Gasteiger partial charge in [0.2, 0.25) is 5.72 Å². The summed E-state index contributed by atoms with van der Waals surface area (Å²) in [6.45, 7) is 5.90. The van der Waals surface area contributed by atoms with E-state index in [1.807, 2.05) is 26.0 Å². The SMILES string of the molecule is CCOC(=O)N1CCC2(CC1)Oc1c(OCC)cccc1[C@@H]1CC(c3cccs3)=NN12. The number of carbonyl (C=O) groups excluding carboxylic acids is 1. The van der Waals surface area contributed by atoms with Gasteiger partial charge in [-0.2, -0.15) is 5.10 Å². The molecule has 0 saturated carbocycles. The van der Waals surface area contributed by atoms with Gasteiger partial charge < -0.3 is 19.1 Å². The lowest BCUT2D eigenvalue weighted by Gasteiger charge is -2.51. The quantitative estimate of drug-likeness (QED) is 0.692. The summed E-state index contributed by atoms with van der Waals surface area (Å²) in [7, 11) is 0. The van der Waals surface area contributed by atoms with Crippen LogP contribution in [-0.4, -0.2) is 53.7 Å². The minimum Gasteiger partial charge on any atom is -0.490 e. The monoisotopic (exact) mass is 441 g/mol. The fourth-order valence-corrected chi connectivity index (χ4v) is 5.44. The second kappa shape index (κ2) is 8.07. The highest BCUT2D eigenvalue weighted by atomic mass is 32.1. The average Bonchev–Trinajstić information content (AvgIpc) is 3.46. The van der Waals surface area contributed by atoms with E-state index in [2.05, 4.69) is 28.6 Å². The maximum Gasteiger partial charge on any atom is 0.409 e. The van der Waals surface area contributed by atoms with Gasteiger partial charge in [0.1, 0.15) is 0 Å². The van der Waals surface area contributed by atoms with E-state index in [1.165, 1.54) is 4.88 Å². The Morgan fingerprint density at radius 1 is 1.23 bits per heavy atom. The molecule has 164 valence electrons. The van der Waals surface area contributed by atoms with Crippen LogP contribution in [0.1, 0.15) is 49.6 Å². The number of carbonyl (C=O) groups is 1. The third-order valence-electron chi connectivity index (χ3n) is 6.16. The molecule has 1 atom stereocenters. The minimum absolute atomic E-state index is 0.0930. The van der Waals surface area contributed by atoms with Crippen LogP contribution >= 0.6 is 11.3 Å². The molecule has 1 aromatic heterocycles. The summed E-state index contributed by atoms with van der Waals surface area (Å²) in [5, 5.41) is 9.31. The van der Waals surface area contributed by atoms with Crippen LogP contribution in [0.5, 0.6) is 11.5 Å². The molecule has 0 N–H and O–H groups in total. The zero-order chi connectivity index (χ0) is 21.4. The molecule has 5 rings (SSSR count). The topological polar surface area (TPSA) is 63.6 Å². The van der Waals surface area contributed by atoms with Gasteiger partial charge in [0.25, 0.3) is 0 Å². The van der Waals surface area contributed by atoms with Crippen molar-refractivity contribution in [1.29, 1.82) is 0 Å². The Morgan fingerprint density at radius 3 is 2.77 bits per heavy atom. The van der Waals surface area contributed by atoms with Crippen LogP contribution in [0.15, 0.2) is 40.8 Å². The molecule has 2 aromatic rings. The number of benzene rings is 1. The van der Waals surface area contributed by atoms with E-state index in [1.54, 1.807) is 16.2 Å². The fraction of sp³-hybridized carbons (Fsp3) is 0.478. The zero-order valence-electron chi connectivity index (χ0n) is 17.9. The van der Waals surface area contributed by atoms with Gasteiger partial charge in [-0.15, -0.1) is 11.3 Å². The molecule has 3 aliphatic rings. The predicted octanol–water partition coefficient (Wildman–Crippen LogP) is 4.64. The molecule has 1 aromatic carbocycles. The highest BCUT2D eigenvalue weighted by molar-refractivity contribution is 7.12. The number of hydrazone groups is 1. The molecule has 1 spiro atoms. The lowest BCUT2D eigenvalue weighted by atomic mass is 9.91. The standard InChI is InChI=1S/C23H27N3O4S/c1-3-28-19-8-5-7-16-18-15-17(20-9-6-14-31-20)24-26(18)23(30-21(16)19)10-12-25(13-11-23)22(27)29-4-2/h5-9,14,18H,3-4,10-13,15H2,1-2H3/t18-/m0/s1. The lowest BCUT2D eigenvalue weighted by molar-refractivity contribution is -0.148. The number of hydrogen-bond acceptors (Lipinski definition) is 7. The van der Waals surface area contributed by atoms with Crippen LogP contribution in [0.3, 0.4) is 0 Å². The maximum atomic E-state index is 12.2. The van der Waals surface area contributed by atoms with Crippen LogP contribution in [0.2, 0.25) is 0 Å². The largest absolute Gasteiger partial charge is 0.490 e. The molecular formula is C23H27N3O4S. The first-order valence-corrected chi connectivity index (χ1v) is 11.8. The van der Waals surface area contributed by atoms with E-state index >= 15 is 0 Å². The number of likely N-dealkylation sites (tertiary alicyclic amines) is 1. The van der Waals surface area contributed by atoms with E-state index in [4.69, 9.17) is 19.3 Å². The first-order valence-electron chi connectivity index (χ1n) is 10.9. The van der Waals surface area contributed by atoms with Crippen molar-refractivity contribution in [2.75, 3.05) is 26.3 Å². The minimum atomic E-state index is -0.604. The second-order valence-corrected chi connectivity index (χ2v) is 8.88. The number of thiophene rings is 1. The van der Waals surface area contributed by atoms with Crippen molar-refractivity contribution in [3.63, 3.8) is 0 Å². The Hall–Kier alpha value is -2.74. The molecule has 3 aliphatic heterocycles. The molecular weight excluding hydrogens is 414 g/mol. The summed E-state index contributed by atoms with van der Waals surface area (Å²) in [6.07, 6.45) is 1.88. The van der Waals surface area contributed by atoms with Crippen LogP contribution in [0.25, 0.3) is 0 Å². The summed E-state index contributed by atoms with van der Waals surface area (Å²) >= 11 is 1.71. The van der Waals surface area contributed by atoms with Gasteiger partial charge >= 0.3 is 6.09 Å². The van der Waals surface area contributed by atoms with E-state index < -0.39 is 5.72 Å². The van der Waals surface area contributed by atoms with Gasteiger partial charge in [-0.3, -0.25) is 0 Å². The number of para-hydroxylation sites is 1. The number of amides is 1. The summed E-state index contributed by atoms with van der Waals surface area (Å²) in [5.41, 5.74) is 1.59. The first-order chi connectivity index (χ1) is 15.1. The smallest absolute Gasteiger partial charge is 0.409 e. The Labute approximate surface area is 186 Å². The van der Waals surface area contributed by atoms with Crippen molar-refractivity contribution < 1.29 is 19.0 Å². The first kappa shape index (κ1) is 20.2. The zero-order valence-corrected chi connectivity index (χ0v) is 18.7. The maximum absolute atomic E-state index is 12.2. The van der Waals surface area contributed by atoms with Crippen LogP contribution in [-0.2, 0) is 4.74 Å². The summed E-state index contributed by atoms with van der Waals surface area (Å²) in [6, 6.07) is 10.4. The van der Waals surface area contributed by atoms with Crippen molar-refractivity contribution in [1.82, 2.24) is 9.91 Å². The van der Waals surface area contributed by atoms with Gasteiger partial charge in [0.05, 0.1) is 29.8 Å². The normalized spacial score (nSPS) is 21.2. The molecule has 0 bridgehead atoms. The molecule has 0 unspecified atom stereocenters. The van der Waals surface area contributed by atoms with Crippen molar-refractivity contribution in [3.05, 3.63) is 46.2 Å². The number of fused-ring (bicyclic) bond motifs is 4. The van der Waals surface area contributed by atoms with E-state index in [9.17, 15) is 4.79 Å². The van der Waals surface area contributed by atoms with Crippen LogP contribution in [0.4, 0.5) is 4.79 Å². The highest BCUT2D eigenvalue weighted by Crippen LogP contribution is 2.52. The number of rotatable bonds is 4. The molecule has 0 radical (unpaired) electrons. The summed E-state index contributed by atoms with van der Waals surface area (Å²) in [5.74, 6) is 1.59. The molecule has 1 amide bonds. The van der Waals surface area contributed by atoms with Gasteiger partial charge in [-0.1, -0.05) is 18.2 Å². The van der Waals surface area contributed by atoms with Gasteiger partial charge in [0, 0.05) is 37.9 Å². The van der Waals surface area contributed by atoms with Gasteiger partial charge in [-0.25, -0.2) is 9.80 Å². The Balaban J connectivity index is 1.51. The predicted molar refractivity (Wildman–Crippen MR) is 119 cm³/mol. The number of nitrogens with zero attached hydrogens (tertiary/aromatic N) is 3. The number of hydrogen-bond donors (Lipinski definition) is 0. The van der Waals surface area contributed by atoms with E-state index in [0.29, 0.717) is 39.1 Å². The van der Waals surface area contributed by atoms with Crippen molar-refractivity contribution in [2.45, 2.75) is 44.9 Å². The van der Waals surface area contributed by atoms with E-state index in [-0.39, 0.29) is 12.1 Å². The van der Waals surface area contributed by atoms with Crippen LogP contribution in [0, 0.1) is 0 Å². The highest BCUT2D eigenvalue weighted by Gasteiger charge is 2.53. The van der Waals surface area contributed by atoms with Crippen molar-refractivity contribution >= 4 is 23.1 Å². The molecule has 4 heterocycles. The number of ether oxygens (including phenoxy) is 3. The Kier molecular flexibility index (Phi) is 5.25. The van der Waals surface area contributed by atoms with Crippen LogP contribution < -0.4 is 9.47 Å². The summed E-state index contributed by atoms with van der Waals surface area (Å²) in [4.78, 5) is 15.2. The van der Waals surface area contributed by atoms with Gasteiger partial charge in [0.15, 0.2) is 11.5 Å². The second-order valence-electron chi connectivity index (χ2n) is 7.93. The average molecular weight is 442 g/mol. The molecule has 7 nitrogen and oxygen atoms in total. The molecule has 1 fully saturated rings. The summed E-state index contributed by atoms with van der Waals surface area (Å²) < 4.78 is 17.8. The molecule has 1 saturated heterocycles. The third-order valence-corrected chi connectivity index (χ3v) is 7.08. The van der Waals surface area contributed by atoms with Crippen molar-refractivity contribution in [2.24, 2.45) is 5.10 Å². The fourth-order valence-electron chi connectivity index (χ4n) is 4.71. The van der Waals surface area contributed by atoms with E-state index in [0.717, 1.165) is 29.2 Å². The third kappa shape index (κ3) is 3.43. The Morgan fingerprint density at radius 2 is 2.06 bits per heavy atom. The van der Waals surface area contributed by atoms with Gasteiger partial charge in [-0.05, 0) is 31.4 Å². The molecule has 31 heavy (non-hydrogen) atoms. The van der Waals surface area contributed by atoms with Crippen molar-refractivity contribution in [3.8, 4) is 11.5 Å². The Bertz CT molecular complexity index is 983. The molecule has 8 heteroatoms. The number of piperidine rings is 1. The molecule has 0 aliphatic carbocycles.